The molecule has 1 N–H and O–H groups in total. The van der Waals surface area contributed by atoms with Gasteiger partial charge < -0.3 is 14.8 Å². The molecule has 0 saturated heterocycles. The number of benzene rings is 1. The monoisotopic (exact) mass is 293 g/mol. The van der Waals surface area contributed by atoms with Gasteiger partial charge >= 0.3 is 0 Å². The predicted molar refractivity (Wildman–Crippen MR) is 88.8 cm³/mol. The third-order valence-electron chi connectivity index (χ3n) is 3.62. The molecule has 120 valence electrons. The van der Waals surface area contributed by atoms with E-state index in [1.54, 1.807) is 7.11 Å². The molecule has 0 spiro atoms. The minimum absolute atomic E-state index is 0.678. The topological polar surface area (TPSA) is 30.5 Å². The molecule has 1 atom stereocenters. The first-order valence-corrected chi connectivity index (χ1v) is 8.09. The van der Waals surface area contributed by atoms with E-state index in [0.29, 0.717) is 19.1 Å². The van der Waals surface area contributed by atoms with Crippen LogP contribution >= 0.6 is 0 Å². The highest BCUT2D eigenvalue weighted by molar-refractivity contribution is 5.22. The molecule has 0 bridgehead atoms. The molecule has 0 radical (unpaired) electrons. The Hall–Kier alpha value is -0.900. The van der Waals surface area contributed by atoms with Crippen molar-refractivity contribution in [3.63, 3.8) is 0 Å². The van der Waals surface area contributed by atoms with E-state index in [1.165, 1.54) is 17.5 Å². The molecule has 1 unspecified atom stereocenters. The quantitative estimate of drug-likeness (QED) is 0.600. The molecular formula is C18H31NO2. The molecule has 0 saturated carbocycles. The highest BCUT2D eigenvalue weighted by atomic mass is 16.5. The van der Waals surface area contributed by atoms with Gasteiger partial charge in [0.15, 0.2) is 0 Å². The first-order valence-electron chi connectivity index (χ1n) is 8.09. The Morgan fingerprint density at radius 3 is 2.76 bits per heavy atom. The van der Waals surface area contributed by atoms with Crippen LogP contribution in [0, 0.1) is 12.8 Å². The lowest BCUT2D eigenvalue weighted by Crippen LogP contribution is -2.24. The Morgan fingerprint density at radius 1 is 1.19 bits per heavy atom. The zero-order valence-electron chi connectivity index (χ0n) is 13.9. The molecular weight excluding hydrogens is 262 g/mol. The fourth-order valence-corrected chi connectivity index (χ4v) is 2.52. The first kappa shape index (κ1) is 18.1. The summed E-state index contributed by atoms with van der Waals surface area (Å²) in [4.78, 5) is 0. The molecule has 0 aliphatic rings. The Kier molecular flexibility index (Phi) is 10.1. The van der Waals surface area contributed by atoms with E-state index in [1.807, 2.05) is 0 Å². The predicted octanol–water partition coefficient (Wildman–Crippen LogP) is 3.21. The molecule has 0 aromatic heterocycles. The molecule has 21 heavy (non-hydrogen) atoms. The number of nitrogens with one attached hydrogen (secondary N) is 1. The number of methoxy groups -OCH3 is 1. The van der Waals surface area contributed by atoms with Gasteiger partial charge in [-0.3, -0.25) is 0 Å². The highest BCUT2D eigenvalue weighted by Gasteiger charge is 2.09. The van der Waals surface area contributed by atoms with Crippen molar-refractivity contribution in [3.05, 3.63) is 35.4 Å². The average Bonchev–Trinajstić information content (AvgIpc) is 2.48. The minimum Gasteiger partial charge on any atom is -0.382 e. The Balaban J connectivity index is 2.33. The lowest BCUT2D eigenvalue weighted by Gasteiger charge is -2.18. The summed E-state index contributed by atoms with van der Waals surface area (Å²) in [6.45, 7) is 8.66. The van der Waals surface area contributed by atoms with Crippen LogP contribution in [0.5, 0.6) is 0 Å². The van der Waals surface area contributed by atoms with Crippen molar-refractivity contribution in [2.75, 3.05) is 40.0 Å². The third-order valence-corrected chi connectivity index (χ3v) is 3.62. The fourth-order valence-electron chi connectivity index (χ4n) is 2.52. The second-order valence-electron chi connectivity index (χ2n) is 5.61. The maximum Gasteiger partial charge on any atom is 0.0700 e. The number of rotatable bonds is 12. The average molecular weight is 293 g/mol. The van der Waals surface area contributed by atoms with Crippen molar-refractivity contribution < 1.29 is 9.47 Å². The second kappa shape index (κ2) is 11.7. The van der Waals surface area contributed by atoms with Gasteiger partial charge in [0.05, 0.1) is 13.2 Å². The summed E-state index contributed by atoms with van der Waals surface area (Å²) in [6.07, 6.45) is 3.46. The van der Waals surface area contributed by atoms with E-state index in [2.05, 4.69) is 43.4 Å². The van der Waals surface area contributed by atoms with Crippen LogP contribution in [-0.2, 0) is 15.9 Å². The smallest absolute Gasteiger partial charge is 0.0700 e. The van der Waals surface area contributed by atoms with Crippen LogP contribution in [0.1, 0.15) is 30.9 Å². The first-order chi connectivity index (χ1) is 10.3. The molecule has 1 aromatic rings. The van der Waals surface area contributed by atoms with Crippen LogP contribution in [0.3, 0.4) is 0 Å². The van der Waals surface area contributed by atoms with Crippen molar-refractivity contribution in [2.24, 2.45) is 5.92 Å². The van der Waals surface area contributed by atoms with Crippen LogP contribution in [-0.4, -0.2) is 40.0 Å². The minimum atomic E-state index is 0.678. The zero-order valence-corrected chi connectivity index (χ0v) is 13.9. The fraction of sp³-hybridized carbons (Fsp3) is 0.667. The van der Waals surface area contributed by atoms with E-state index in [0.717, 1.165) is 32.5 Å². The number of hydrogen-bond donors (Lipinski definition) is 1. The lowest BCUT2D eigenvalue weighted by molar-refractivity contribution is 0.0672. The Labute approximate surface area is 130 Å². The summed E-state index contributed by atoms with van der Waals surface area (Å²) in [5.41, 5.74) is 2.79. The van der Waals surface area contributed by atoms with Gasteiger partial charge in [0.1, 0.15) is 0 Å². The SMILES string of the molecule is CCNCC(CCCOCCOC)Cc1cccc(C)c1. The van der Waals surface area contributed by atoms with Crippen molar-refractivity contribution >= 4 is 0 Å². The molecule has 0 heterocycles. The van der Waals surface area contributed by atoms with E-state index in [9.17, 15) is 0 Å². The van der Waals surface area contributed by atoms with Gasteiger partial charge in [-0.25, -0.2) is 0 Å². The maximum absolute atomic E-state index is 5.55. The van der Waals surface area contributed by atoms with Gasteiger partial charge in [0.25, 0.3) is 0 Å². The van der Waals surface area contributed by atoms with Gasteiger partial charge in [-0.2, -0.15) is 0 Å². The largest absolute Gasteiger partial charge is 0.382 e. The molecule has 3 heteroatoms. The summed E-state index contributed by atoms with van der Waals surface area (Å²) >= 11 is 0. The normalized spacial score (nSPS) is 12.5. The highest BCUT2D eigenvalue weighted by Crippen LogP contribution is 2.15. The van der Waals surface area contributed by atoms with Crippen LogP contribution in [0.15, 0.2) is 24.3 Å². The summed E-state index contributed by atoms with van der Waals surface area (Å²) in [5.74, 6) is 0.678. The van der Waals surface area contributed by atoms with Crippen molar-refractivity contribution in [3.8, 4) is 0 Å². The van der Waals surface area contributed by atoms with Crippen molar-refractivity contribution in [1.29, 1.82) is 0 Å². The second-order valence-corrected chi connectivity index (χ2v) is 5.61. The Bertz CT molecular complexity index is 368. The van der Waals surface area contributed by atoms with Crippen molar-refractivity contribution in [2.45, 2.75) is 33.1 Å². The van der Waals surface area contributed by atoms with E-state index >= 15 is 0 Å². The number of aryl methyl sites for hydroxylation is 1. The third kappa shape index (κ3) is 8.86. The number of ether oxygens (including phenoxy) is 2. The Morgan fingerprint density at radius 2 is 2.05 bits per heavy atom. The van der Waals surface area contributed by atoms with Crippen LogP contribution in [0.25, 0.3) is 0 Å². The van der Waals surface area contributed by atoms with Crippen molar-refractivity contribution in [1.82, 2.24) is 5.32 Å². The standard InChI is InChI=1S/C18H31NO2/c1-4-19-15-18(9-6-10-21-12-11-20-3)14-17-8-5-7-16(2)13-17/h5,7-8,13,18-19H,4,6,9-12,14-15H2,1-3H3. The van der Waals surface area contributed by atoms with Gasteiger partial charge in [-0.1, -0.05) is 36.8 Å². The molecule has 0 aliphatic carbocycles. The molecule has 0 fully saturated rings. The molecule has 1 aromatic carbocycles. The summed E-state index contributed by atoms with van der Waals surface area (Å²) < 4.78 is 10.5. The lowest BCUT2D eigenvalue weighted by atomic mass is 9.94. The summed E-state index contributed by atoms with van der Waals surface area (Å²) in [5, 5.41) is 3.48. The van der Waals surface area contributed by atoms with E-state index in [-0.39, 0.29) is 0 Å². The van der Waals surface area contributed by atoms with E-state index in [4.69, 9.17) is 9.47 Å². The molecule has 0 amide bonds. The molecule has 0 aliphatic heterocycles. The van der Waals surface area contributed by atoms with Crippen LogP contribution in [0.2, 0.25) is 0 Å². The molecule has 3 nitrogen and oxygen atoms in total. The van der Waals surface area contributed by atoms with Gasteiger partial charge in [0, 0.05) is 13.7 Å². The van der Waals surface area contributed by atoms with Crippen LogP contribution in [0.4, 0.5) is 0 Å². The molecule has 1 rings (SSSR count). The summed E-state index contributed by atoms with van der Waals surface area (Å²) in [6, 6.07) is 8.85. The zero-order chi connectivity index (χ0) is 15.3. The number of hydrogen-bond acceptors (Lipinski definition) is 3. The van der Waals surface area contributed by atoms with E-state index < -0.39 is 0 Å². The summed E-state index contributed by atoms with van der Waals surface area (Å²) in [7, 11) is 1.71. The van der Waals surface area contributed by atoms with Gasteiger partial charge in [-0.15, -0.1) is 0 Å². The maximum atomic E-state index is 5.55. The van der Waals surface area contributed by atoms with Crippen LogP contribution < -0.4 is 5.32 Å². The van der Waals surface area contributed by atoms with Gasteiger partial charge in [0.2, 0.25) is 0 Å². The van der Waals surface area contributed by atoms with Gasteiger partial charge in [-0.05, 0) is 50.8 Å².